The zero-order chi connectivity index (χ0) is 12.3. The second kappa shape index (κ2) is 5.56. The molecule has 17 heavy (non-hydrogen) atoms. The largest absolute Gasteiger partial charge is 0.508 e. The van der Waals surface area contributed by atoms with Crippen molar-refractivity contribution in [1.82, 2.24) is 0 Å². The summed E-state index contributed by atoms with van der Waals surface area (Å²) in [6, 6.07) is 13.2. The van der Waals surface area contributed by atoms with Gasteiger partial charge in [-0.25, -0.2) is 0 Å². The number of phenols is 1. The van der Waals surface area contributed by atoms with Crippen molar-refractivity contribution >= 4 is 37.5 Å². The number of rotatable bonds is 3. The van der Waals surface area contributed by atoms with E-state index in [4.69, 9.17) is 0 Å². The Labute approximate surface area is 117 Å². The van der Waals surface area contributed by atoms with Crippen LogP contribution in [-0.2, 0) is 6.54 Å². The summed E-state index contributed by atoms with van der Waals surface area (Å²) >= 11 is 6.97. The van der Waals surface area contributed by atoms with E-state index >= 15 is 0 Å². The predicted molar refractivity (Wildman–Crippen MR) is 77.3 cm³/mol. The van der Waals surface area contributed by atoms with Crippen molar-refractivity contribution in [3.8, 4) is 5.75 Å². The molecule has 4 heteroatoms. The maximum Gasteiger partial charge on any atom is 0.120 e. The minimum atomic E-state index is 0.308. The fourth-order valence-corrected chi connectivity index (χ4v) is 2.79. The highest BCUT2D eigenvalue weighted by Gasteiger charge is 2.05. The molecule has 0 saturated carbocycles. The van der Waals surface area contributed by atoms with Crippen LogP contribution in [0, 0.1) is 0 Å². The summed E-state index contributed by atoms with van der Waals surface area (Å²) in [5.41, 5.74) is 1.85. The van der Waals surface area contributed by atoms with Crippen LogP contribution in [0.2, 0.25) is 0 Å². The summed E-state index contributed by atoms with van der Waals surface area (Å²) in [6.07, 6.45) is 0. The number of phenolic OH excluding ortho intramolecular Hbond substituents is 1. The van der Waals surface area contributed by atoms with Gasteiger partial charge in [0, 0.05) is 21.1 Å². The normalized spacial score (nSPS) is 10.2. The summed E-state index contributed by atoms with van der Waals surface area (Å²) < 4.78 is 1.98. The summed E-state index contributed by atoms with van der Waals surface area (Å²) in [7, 11) is 0. The number of aromatic hydroxyl groups is 1. The summed E-state index contributed by atoms with van der Waals surface area (Å²) in [4.78, 5) is 0. The van der Waals surface area contributed by atoms with Crippen molar-refractivity contribution in [3.63, 3.8) is 0 Å². The molecule has 0 spiro atoms. The lowest BCUT2D eigenvalue weighted by Gasteiger charge is -2.11. The van der Waals surface area contributed by atoms with Gasteiger partial charge in [-0.2, -0.15) is 0 Å². The van der Waals surface area contributed by atoms with Gasteiger partial charge in [0.1, 0.15) is 5.75 Å². The highest BCUT2D eigenvalue weighted by atomic mass is 79.9. The first kappa shape index (κ1) is 12.5. The Balaban J connectivity index is 2.16. The number of halogens is 2. The van der Waals surface area contributed by atoms with Gasteiger partial charge >= 0.3 is 0 Å². The van der Waals surface area contributed by atoms with E-state index in [9.17, 15) is 5.11 Å². The number of benzene rings is 2. The molecule has 2 aromatic rings. The van der Waals surface area contributed by atoms with Crippen molar-refractivity contribution in [2.24, 2.45) is 0 Å². The van der Waals surface area contributed by atoms with Crippen molar-refractivity contribution < 1.29 is 5.11 Å². The highest BCUT2D eigenvalue weighted by Crippen LogP contribution is 2.31. The second-order valence-corrected chi connectivity index (χ2v) is 5.29. The Bertz CT molecular complexity index is 508. The van der Waals surface area contributed by atoms with Crippen molar-refractivity contribution in [2.45, 2.75) is 6.54 Å². The van der Waals surface area contributed by atoms with Gasteiger partial charge in [-0.15, -0.1) is 0 Å². The monoisotopic (exact) mass is 355 g/mol. The van der Waals surface area contributed by atoms with E-state index in [0.29, 0.717) is 12.3 Å². The molecule has 0 aliphatic carbocycles. The van der Waals surface area contributed by atoms with Gasteiger partial charge in [-0.05, 0) is 50.1 Å². The van der Waals surface area contributed by atoms with Crippen molar-refractivity contribution in [3.05, 3.63) is 57.0 Å². The Kier molecular flexibility index (Phi) is 4.07. The smallest absolute Gasteiger partial charge is 0.120 e. The first-order chi connectivity index (χ1) is 8.18. The Morgan fingerprint density at radius 3 is 2.24 bits per heavy atom. The maximum absolute atomic E-state index is 9.66. The predicted octanol–water partition coefficient (Wildman–Crippen LogP) is 4.53. The van der Waals surface area contributed by atoms with E-state index in [2.05, 4.69) is 37.2 Å². The SMILES string of the molecule is Oc1ccccc1CNc1c(Br)cccc1Br. The maximum atomic E-state index is 9.66. The lowest BCUT2D eigenvalue weighted by molar-refractivity contribution is 0.469. The van der Waals surface area contributed by atoms with E-state index in [1.165, 1.54) is 0 Å². The van der Waals surface area contributed by atoms with E-state index in [0.717, 1.165) is 20.2 Å². The quantitative estimate of drug-likeness (QED) is 0.846. The molecule has 2 nitrogen and oxygen atoms in total. The van der Waals surface area contributed by atoms with E-state index in [1.54, 1.807) is 6.07 Å². The Morgan fingerprint density at radius 1 is 0.941 bits per heavy atom. The van der Waals surface area contributed by atoms with Crippen LogP contribution in [0.1, 0.15) is 5.56 Å². The molecule has 88 valence electrons. The van der Waals surface area contributed by atoms with Crippen LogP contribution in [-0.4, -0.2) is 5.11 Å². The first-order valence-electron chi connectivity index (χ1n) is 5.13. The van der Waals surface area contributed by atoms with Gasteiger partial charge < -0.3 is 10.4 Å². The lowest BCUT2D eigenvalue weighted by atomic mass is 10.2. The van der Waals surface area contributed by atoms with Crippen LogP contribution in [0.5, 0.6) is 5.75 Å². The van der Waals surface area contributed by atoms with Crippen LogP contribution < -0.4 is 5.32 Å². The fraction of sp³-hybridized carbons (Fsp3) is 0.0769. The van der Waals surface area contributed by atoms with E-state index in [1.807, 2.05) is 36.4 Å². The van der Waals surface area contributed by atoms with Gasteiger partial charge in [-0.3, -0.25) is 0 Å². The second-order valence-electron chi connectivity index (χ2n) is 3.58. The molecule has 0 aliphatic heterocycles. The summed E-state index contributed by atoms with van der Waals surface area (Å²) in [5, 5.41) is 12.9. The molecule has 2 rings (SSSR count). The van der Waals surface area contributed by atoms with Crippen LogP contribution in [0.4, 0.5) is 5.69 Å². The topological polar surface area (TPSA) is 32.3 Å². The summed E-state index contributed by atoms with van der Waals surface area (Å²) in [6.45, 7) is 0.577. The molecule has 0 atom stereocenters. The van der Waals surface area contributed by atoms with Gasteiger partial charge in [0.15, 0.2) is 0 Å². The molecule has 0 radical (unpaired) electrons. The van der Waals surface area contributed by atoms with Crippen molar-refractivity contribution in [1.29, 1.82) is 0 Å². The Hall–Kier alpha value is -1.000. The van der Waals surface area contributed by atoms with Crippen LogP contribution in [0.15, 0.2) is 51.4 Å². The molecule has 0 aliphatic rings. The molecule has 0 amide bonds. The van der Waals surface area contributed by atoms with E-state index in [-0.39, 0.29) is 0 Å². The average molecular weight is 357 g/mol. The van der Waals surface area contributed by atoms with E-state index < -0.39 is 0 Å². The molecule has 2 N–H and O–H groups in total. The molecule has 0 saturated heterocycles. The number of hydrogen-bond acceptors (Lipinski definition) is 2. The van der Waals surface area contributed by atoms with Crippen LogP contribution in [0.3, 0.4) is 0 Å². The molecule has 2 aromatic carbocycles. The average Bonchev–Trinajstić information content (AvgIpc) is 2.30. The third-order valence-electron chi connectivity index (χ3n) is 2.41. The third kappa shape index (κ3) is 3.01. The number of nitrogens with one attached hydrogen (secondary N) is 1. The molecular weight excluding hydrogens is 346 g/mol. The molecule has 0 unspecified atom stereocenters. The minimum Gasteiger partial charge on any atom is -0.508 e. The zero-order valence-corrected chi connectivity index (χ0v) is 12.1. The molecule has 0 fully saturated rings. The standard InChI is InChI=1S/C13H11Br2NO/c14-10-5-3-6-11(15)13(10)16-8-9-4-1-2-7-12(9)17/h1-7,16-17H,8H2. The fourth-order valence-electron chi connectivity index (χ4n) is 1.51. The molecule has 0 bridgehead atoms. The number of para-hydroxylation sites is 2. The van der Waals surface area contributed by atoms with Gasteiger partial charge in [-0.1, -0.05) is 24.3 Å². The molecule has 0 heterocycles. The summed E-state index contributed by atoms with van der Waals surface area (Å²) in [5.74, 6) is 0.308. The minimum absolute atomic E-state index is 0.308. The van der Waals surface area contributed by atoms with Gasteiger partial charge in [0.2, 0.25) is 0 Å². The molecular formula is C13H11Br2NO. The van der Waals surface area contributed by atoms with Gasteiger partial charge in [0.05, 0.1) is 5.69 Å². The lowest BCUT2D eigenvalue weighted by Crippen LogP contribution is -2.00. The highest BCUT2D eigenvalue weighted by molar-refractivity contribution is 9.11. The number of hydrogen-bond donors (Lipinski definition) is 2. The zero-order valence-electron chi connectivity index (χ0n) is 8.95. The molecule has 0 aromatic heterocycles. The number of anilines is 1. The first-order valence-corrected chi connectivity index (χ1v) is 6.72. The van der Waals surface area contributed by atoms with Crippen LogP contribution >= 0.6 is 31.9 Å². The van der Waals surface area contributed by atoms with Crippen LogP contribution in [0.25, 0.3) is 0 Å². The van der Waals surface area contributed by atoms with Gasteiger partial charge in [0.25, 0.3) is 0 Å². The van der Waals surface area contributed by atoms with Crippen molar-refractivity contribution in [2.75, 3.05) is 5.32 Å². The third-order valence-corrected chi connectivity index (χ3v) is 3.73. The Morgan fingerprint density at radius 2 is 1.59 bits per heavy atom.